The van der Waals surface area contributed by atoms with Crippen molar-refractivity contribution in [3.8, 4) is 0 Å². The van der Waals surface area contributed by atoms with Crippen molar-refractivity contribution in [1.29, 1.82) is 0 Å². The Morgan fingerprint density at radius 2 is 2.18 bits per heavy atom. The van der Waals surface area contributed by atoms with Gasteiger partial charge in [-0.25, -0.2) is 0 Å². The molecule has 0 fully saturated rings. The molecule has 5 heteroatoms. The van der Waals surface area contributed by atoms with Crippen molar-refractivity contribution in [2.45, 2.75) is 32.4 Å². The van der Waals surface area contributed by atoms with Crippen LogP contribution < -0.4 is 10.2 Å². The van der Waals surface area contributed by atoms with Gasteiger partial charge in [-0.2, -0.15) is 5.10 Å². The summed E-state index contributed by atoms with van der Waals surface area (Å²) < 4.78 is 1.95. The van der Waals surface area contributed by atoms with E-state index in [-0.39, 0.29) is 0 Å². The van der Waals surface area contributed by atoms with Gasteiger partial charge in [0.05, 0.1) is 5.69 Å². The Bertz CT molecular complexity index is 690. The van der Waals surface area contributed by atoms with E-state index in [1.54, 1.807) is 0 Å². The first-order valence-electron chi connectivity index (χ1n) is 7.69. The van der Waals surface area contributed by atoms with Gasteiger partial charge in [-0.05, 0) is 43.0 Å². The van der Waals surface area contributed by atoms with Crippen LogP contribution in [-0.4, -0.2) is 23.9 Å². The van der Waals surface area contributed by atoms with Crippen LogP contribution in [-0.2, 0) is 20.0 Å². The summed E-state index contributed by atoms with van der Waals surface area (Å²) >= 11 is 6.09. The van der Waals surface area contributed by atoms with Gasteiger partial charge in [0, 0.05) is 44.3 Å². The van der Waals surface area contributed by atoms with Gasteiger partial charge in [0.2, 0.25) is 0 Å². The molecule has 22 heavy (non-hydrogen) atoms. The zero-order valence-electron chi connectivity index (χ0n) is 13.7. The standard InChI is InChI=1S/C17H23ClN4/c1-11-15(17(21(2)3)22(4)20-11)10-19-16-8-5-12-9-13(18)6-7-14(12)16/h6-7,9,16,19H,5,8,10H2,1-4H3. The third-order valence-corrected chi connectivity index (χ3v) is 4.68. The molecule has 1 aliphatic rings. The average Bonchev–Trinajstić information content (AvgIpc) is 2.96. The topological polar surface area (TPSA) is 33.1 Å². The van der Waals surface area contributed by atoms with Crippen LogP contribution in [0.3, 0.4) is 0 Å². The summed E-state index contributed by atoms with van der Waals surface area (Å²) in [5, 5.41) is 9.08. The average molecular weight is 319 g/mol. The normalized spacial score (nSPS) is 16.9. The van der Waals surface area contributed by atoms with E-state index in [1.807, 2.05) is 17.8 Å². The van der Waals surface area contributed by atoms with Gasteiger partial charge in [-0.3, -0.25) is 4.68 Å². The molecule has 3 rings (SSSR count). The number of nitrogens with zero attached hydrogens (tertiary/aromatic N) is 3. The van der Waals surface area contributed by atoms with E-state index in [4.69, 9.17) is 11.6 Å². The Labute approximate surface area is 137 Å². The lowest BCUT2D eigenvalue weighted by atomic mass is 10.1. The van der Waals surface area contributed by atoms with Crippen LogP contribution in [0, 0.1) is 6.92 Å². The molecule has 1 atom stereocenters. The first kappa shape index (κ1) is 15.4. The largest absolute Gasteiger partial charge is 0.363 e. The second-order valence-electron chi connectivity index (χ2n) is 6.22. The number of benzene rings is 1. The summed E-state index contributed by atoms with van der Waals surface area (Å²) in [6, 6.07) is 6.65. The molecular formula is C17H23ClN4. The van der Waals surface area contributed by atoms with Crippen LogP contribution >= 0.6 is 11.6 Å². The van der Waals surface area contributed by atoms with Crippen molar-refractivity contribution < 1.29 is 0 Å². The van der Waals surface area contributed by atoms with Crippen LogP contribution in [0.1, 0.15) is 34.8 Å². The smallest absolute Gasteiger partial charge is 0.130 e. The molecule has 1 heterocycles. The number of nitrogens with one attached hydrogen (secondary N) is 1. The lowest BCUT2D eigenvalue weighted by Gasteiger charge is -2.18. The van der Waals surface area contributed by atoms with Crippen LogP contribution in [0.4, 0.5) is 5.82 Å². The molecule has 1 unspecified atom stereocenters. The molecular weight excluding hydrogens is 296 g/mol. The van der Waals surface area contributed by atoms with Crippen LogP contribution in [0.2, 0.25) is 5.02 Å². The van der Waals surface area contributed by atoms with E-state index in [0.717, 1.165) is 30.1 Å². The lowest BCUT2D eigenvalue weighted by molar-refractivity contribution is 0.529. The fraction of sp³-hybridized carbons (Fsp3) is 0.471. The second kappa shape index (κ2) is 5.94. The number of anilines is 1. The Kier molecular flexibility index (Phi) is 4.15. The maximum atomic E-state index is 6.09. The van der Waals surface area contributed by atoms with Crippen molar-refractivity contribution in [2.24, 2.45) is 7.05 Å². The third kappa shape index (κ3) is 2.73. The van der Waals surface area contributed by atoms with Crippen LogP contribution in [0.25, 0.3) is 0 Å². The van der Waals surface area contributed by atoms with Gasteiger partial charge in [-0.1, -0.05) is 17.7 Å². The number of rotatable bonds is 4. The maximum absolute atomic E-state index is 6.09. The third-order valence-electron chi connectivity index (χ3n) is 4.44. The minimum atomic E-state index is 0.405. The summed E-state index contributed by atoms with van der Waals surface area (Å²) in [5.41, 5.74) is 5.13. The maximum Gasteiger partial charge on any atom is 0.130 e. The van der Waals surface area contributed by atoms with Gasteiger partial charge in [-0.15, -0.1) is 0 Å². The van der Waals surface area contributed by atoms with E-state index < -0.39 is 0 Å². The fourth-order valence-corrected chi connectivity index (χ4v) is 3.67. The van der Waals surface area contributed by atoms with Crippen molar-refractivity contribution in [3.05, 3.63) is 45.6 Å². The highest BCUT2D eigenvalue weighted by Crippen LogP contribution is 2.33. The summed E-state index contributed by atoms with van der Waals surface area (Å²) in [4.78, 5) is 2.12. The number of hydrogen-bond acceptors (Lipinski definition) is 3. The van der Waals surface area contributed by atoms with Crippen LogP contribution in [0.15, 0.2) is 18.2 Å². The molecule has 2 aromatic rings. The summed E-state index contributed by atoms with van der Waals surface area (Å²) in [6.45, 7) is 2.91. The van der Waals surface area contributed by atoms with Crippen molar-refractivity contribution in [1.82, 2.24) is 15.1 Å². The monoisotopic (exact) mass is 318 g/mol. The number of aromatic nitrogens is 2. The van der Waals surface area contributed by atoms with E-state index >= 15 is 0 Å². The molecule has 0 saturated carbocycles. The number of hydrogen-bond donors (Lipinski definition) is 1. The van der Waals surface area contributed by atoms with Crippen molar-refractivity contribution in [3.63, 3.8) is 0 Å². The predicted octanol–water partition coefficient (Wildman–Crippen LogP) is 3.23. The molecule has 0 bridgehead atoms. The molecule has 4 nitrogen and oxygen atoms in total. The molecule has 0 saturated heterocycles. The van der Waals surface area contributed by atoms with Gasteiger partial charge in [0.1, 0.15) is 5.82 Å². The Balaban J connectivity index is 1.78. The van der Waals surface area contributed by atoms with Crippen molar-refractivity contribution >= 4 is 17.4 Å². The molecule has 0 aliphatic heterocycles. The molecule has 0 radical (unpaired) electrons. The first-order chi connectivity index (χ1) is 10.5. The molecule has 1 aliphatic carbocycles. The molecule has 1 aromatic heterocycles. The second-order valence-corrected chi connectivity index (χ2v) is 6.66. The van der Waals surface area contributed by atoms with E-state index in [9.17, 15) is 0 Å². The fourth-order valence-electron chi connectivity index (χ4n) is 3.48. The first-order valence-corrected chi connectivity index (χ1v) is 8.06. The highest BCUT2D eigenvalue weighted by atomic mass is 35.5. The predicted molar refractivity (Wildman–Crippen MR) is 91.6 cm³/mol. The lowest BCUT2D eigenvalue weighted by Crippen LogP contribution is -2.21. The van der Waals surface area contributed by atoms with Crippen LogP contribution in [0.5, 0.6) is 0 Å². The molecule has 1 N–H and O–H groups in total. The Morgan fingerprint density at radius 3 is 2.91 bits per heavy atom. The highest BCUT2D eigenvalue weighted by molar-refractivity contribution is 6.30. The number of aryl methyl sites for hydroxylation is 3. The quantitative estimate of drug-likeness (QED) is 0.939. The van der Waals surface area contributed by atoms with Gasteiger partial charge in [0.25, 0.3) is 0 Å². The summed E-state index contributed by atoms with van der Waals surface area (Å²) in [6.07, 6.45) is 2.23. The summed E-state index contributed by atoms with van der Waals surface area (Å²) in [5.74, 6) is 1.17. The SMILES string of the molecule is Cc1nn(C)c(N(C)C)c1CNC1CCc2cc(Cl)ccc21. The zero-order chi connectivity index (χ0) is 15.9. The van der Waals surface area contributed by atoms with Gasteiger partial charge < -0.3 is 10.2 Å². The van der Waals surface area contributed by atoms with E-state index in [2.05, 4.69) is 48.5 Å². The van der Waals surface area contributed by atoms with E-state index in [0.29, 0.717) is 6.04 Å². The minimum absolute atomic E-state index is 0.405. The molecule has 0 amide bonds. The zero-order valence-corrected chi connectivity index (χ0v) is 14.4. The minimum Gasteiger partial charge on any atom is -0.363 e. The Morgan fingerprint density at radius 1 is 1.41 bits per heavy atom. The van der Waals surface area contributed by atoms with Crippen molar-refractivity contribution in [2.75, 3.05) is 19.0 Å². The summed E-state index contributed by atoms with van der Waals surface area (Å²) in [7, 11) is 6.12. The molecule has 1 aromatic carbocycles. The van der Waals surface area contributed by atoms with E-state index in [1.165, 1.54) is 22.5 Å². The molecule has 0 spiro atoms. The van der Waals surface area contributed by atoms with Gasteiger partial charge in [0.15, 0.2) is 0 Å². The number of fused-ring (bicyclic) bond motifs is 1. The Hall–Kier alpha value is -1.52. The number of halogens is 1. The highest BCUT2D eigenvalue weighted by Gasteiger charge is 2.23. The molecule has 118 valence electrons. The van der Waals surface area contributed by atoms with Gasteiger partial charge >= 0.3 is 0 Å².